The number of anilines is 2. The van der Waals surface area contributed by atoms with Gasteiger partial charge in [0.15, 0.2) is 6.61 Å². The molecule has 0 fully saturated rings. The monoisotopic (exact) mass is 312 g/mol. The van der Waals surface area contributed by atoms with Crippen LogP contribution in [0.3, 0.4) is 0 Å². The Hall–Kier alpha value is -3.09. The van der Waals surface area contributed by atoms with Gasteiger partial charge in [0, 0.05) is 24.1 Å². The van der Waals surface area contributed by atoms with Crippen molar-refractivity contribution in [2.75, 3.05) is 17.2 Å². The van der Waals surface area contributed by atoms with Crippen LogP contribution in [-0.2, 0) is 4.79 Å². The SMILES string of the molecule is CC(NC(=O)Nc1ccc2c(c1)OCC(=O)N2)c1ccncc1. The second kappa shape index (κ2) is 6.35. The van der Waals surface area contributed by atoms with E-state index in [2.05, 4.69) is 20.9 Å². The number of pyridine rings is 1. The van der Waals surface area contributed by atoms with Crippen LogP contribution < -0.4 is 20.7 Å². The number of carbonyl (C=O) groups excluding carboxylic acids is 2. The number of aromatic nitrogens is 1. The first-order chi connectivity index (χ1) is 11.1. The van der Waals surface area contributed by atoms with Gasteiger partial charge in [0.05, 0.1) is 11.7 Å². The average Bonchev–Trinajstić information content (AvgIpc) is 2.55. The van der Waals surface area contributed by atoms with Crippen molar-refractivity contribution in [2.24, 2.45) is 0 Å². The van der Waals surface area contributed by atoms with Gasteiger partial charge in [-0.25, -0.2) is 4.79 Å². The molecule has 1 aromatic heterocycles. The molecule has 118 valence electrons. The molecule has 1 unspecified atom stereocenters. The van der Waals surface area contributed by atoms with E-state index in [1.807, 2.05) is 19.1 Å². The van der Waals surface area contributed by atoms with E-state index in [4.69, 9.17) is 4.74 Å². The lowest BCUT2D eigenvalue weighted by atomic mass is 10.1. The van der Waals surface area contributed by atoms with Gasteiger partial charge in [0.2, 0.25) is 0 Å². The minimum atomic E-state index is -0.325. The molecule has 1 atom stereocenters. The van der Waals surface area contributed by atoms with Crippen LogP contribution in [0.4, 0.5) is 16.2 Å². The predicted octanol–water partition coefficient (Wildman–Crippen LogP) is 2.30. The van der Waals surface area contributed by atoms with Crippen LogP contribution in [0.5, 0.6) is 5.75 Å². The quantitative estimate of drug-likeness (QED) is 0.811. The summed E-state index contributed by atoms with van der Waals surface area (Å²) in [6, 6.07) is 8.28. The maximum atomic E-state index is 12.1. The molecule has 7 nitrogen and oxygen atoms in total. The fourth-order valence-corrected chi connectivity index (χ4v) is 2.25. The third kappa shape index (κ3) is 3.57. The molecule has 2 heterocycles. The molecule has 0 saturated heterocycles. The predicted molar refractivity (Wildman–Crippen MR) is 85.4 cm³/mol. The lowest BCUT2D eigenvalue weighted by Crippen LogP contribution is -2.31. The Kier molecular flexibility index (Phi) is 4.09. The topological polar surface area (TPSA) is 92.4 Å². The summed E-state index contributed by atoms with van der Waals surface area (Å²) in [4.78, 5) is 27.2. The van der Waals surface area contributed by atoms with Gasteiger partial charge in [0.1, 0.15) is 5.75 Å². The van der Waals surface area contributed by atoms with E-state index >= 15 is 0 Å². The number of ether oxygens (including phenoxy) is 1. The van der Waals surface area contributed by atoms with Crippen molar-refractivity contribution in [3.63, 3.8) is 0 Å². The molecule has 0 radical (unpaired) electrons. The maximum absolute atomic E-state index is 12.1. The highest BCUT2D eigenvalue weighted by Gasteiger charge is 2.16. The Bertz CT molecular complexity index is 733. The molecule has 1 aliphatic rings. The van der Waals surface area contributed by atoms with Gasteiger partial charge >= 0.3 is 6.03 Å². The van der Waals surface area contributed by atoms with Gasteiger partial charge < -0.3 is 20.7 Å². The summed E-state index contributed by atoms with van der Waals surface area (Å²) in [5, 5.41) is 8.28. The minimum absolute atomic E-state index is 0.0261. The summed E-state index contributed by atoms with van der Waals surface area (Å²) in [5.74, 6) is 0.340. The highest BCUT2D eigenvalue weighted by Crippen LogP contribution is 2.30. The largest absolute Gasteiger partial charge is 0.482 e. The first-order valence-corrected chi connectivity index (χ1v) is 7.16. The maximum Gasteiger partial charge on any atom is 0.319 e. The Morgan fingerprint density at radius 2 is 2.09 bits per heavy atom. The Labute approximate surface area is 133 Å². The standard InChI is InChI=1S/C16H16N4O3/c1-10(11-4-6-17-7-5-11)18-16(22)19-12-2-3-13-14(8-12)23-9-15(21)20-13/h2-8,10H,9H2,1H3,(H,20,21)(H2,18,19,22). The fourth-order valence-electron chi connectivity index (χ4n) is 2.25. The second-order valence-electron chi connectivity index (χ2n) is 5.15. The first kappa shape index (κ1) is 14.8. The number of urea groups is 1. The first-order valence-electron chi connectivity index (χ1n) is 7.16. The van der Waals surface area contributed by atoms with Gasteiger partial charge in [-0.15, -0.1) is 0 Å². The molecule has 3 rings (SSSR count). The molecule has 0 aliphatic carbocycles. The van der Waals surface area contributed by atoms with Crippen LogP contribution in [0.15, 0.2) is 42.7 Å². The second-order valence-corrected chi connectivity index (χ2v) is 5.15. The van der Waals surface area contributed by atoms with Gasteiger partial charge in [-0.05, 0) is 36.8 Å². The number of nitrogens with zero attached hydrogens (tertiary/aromatic N) is 1. The van der Waals surface area contributed by atoms with Crippen molar-refractivity contribution in [2.45, 2.75) is 13.0 Å². The van der Waals surface area contributed by atoms with E-state index in [1.165, 1.54) is 0 Å². The van der Waals surface area contributed by atoms with Gasteiger partial charge in [-0.3, -0.25) is 9.78 Å². The Morgan fingerprint density at radius 1 is 1.30 bits per heavy atom. The lowest BCUT2D eigenvalue weighted by molar-refractivity contribution is -0.118. The average molecular weight is 312 g/mol. The summed E-state index contributed by atoms with van der Waals surface area (Å²) in [5.41, 5.74) is 2.14. The third-order valence-electron chi connectivity index (χ3n) is 3.43. The van der Waals surface area contributed by atoms with E-state index in [0.717, 1.165) is 5.56 Å². The number of benzene rings is 1. The molecular formula is C16H16N4O3. The normalized spacial score (nSPS) is 14.0. The van der Waals surface area contributed by atoms with Crippen molar-refractivity contribution >= 4 is 23.3 Å². The van der Waals surface area contributed by atoms with Crippen molar-refractivity contribution in [3.05, 3.63) is 48.3 Å². The van der Waals surface area contributed by atoms with Crippen LogP contribution >= 0.6 is 0 Å². The fraction of sp³-hybridized carbons (Fsp3) is 0.188. The van der Waals surface area contributed by atoms with Crippen LogP contribution in [0.1, 0.15) is 18.5 Å². The summed E-state index contributed by atoms with van der Waals surface area (Å²) in [7, 11) is 0. The number of hydrogen-bond acceptors (Lipinski definition) is 4. The van der Waals surface area contributed by atoms with Gasteiger partial charge in [-0.1, -0.05) is 0 Å². The summed E-state index contributed by atoms with van der Waals surface area (Å²) < 4.78 is 5.32. The van der Waals surface area contributed by atoms with Crippen molar-refractivity contribution < 1.29 is 14.3 Å². The molecule has 0 saturated carbocycles. The van der Waals surface area contributed by atoms with Gasteiger partial charge in [0.25, 0.3) is 5.91 Å². The summed E-state index contributed by atoms with van der Waals surface area (Å²) >= 11 is 0. The van der Waals surface area contributed by atoms with Crippen molar-refractivity contribution in [1.29, 1.82) is 0 Å². The smallest absolute Gasteiger partial charge is 0.319 e. The summed E-state index contributed by atoms with van der Waals surface area (Å²) in [6.07, 6.45) is 3.36. The molecule has 0 spiro atoms. The Balaban J connectivity index is 1.63. The van der Waals surface area contributed by atoms with E-state index in [0.29, 0.717) is 17.1 Å². The highest BCUT2D eigenvalue weighted by molar-refractivity contribution is 5.96. The number of hydrogen-bond donors (Lipinski definition) is 3. The lowest BCUT2D eigenvalue weighted by Gasteiger charge is -2.19. The number of fused-ring (bicyclic) bond motifs is 1. The zero-order valence-electron chi connectivity index (χ0n) is 12.5. The third-order valence-corrected chi connectivity index (χ3v) is 3.43. The highest BCUT2D eigenvalue weighted by atomic mass is 16.5. The van der Waals surface area contributed by atoms with E-state index in [9.17, 15) is 9.59 Å². The van der Waals surface area contributed by atoms with Crippen LogP contribution in [0.25, 0.3) is 0 Å². The van der Waals surface area contributed by atoms with Crippen LogP contribution in [0.2, 0.25) is 0 Å². The Morgan fingerprint density at radius 3 is 2.87 bits per heavy atom. The van der Waals surface area contributed by atoms with Gasteiger partial charge in [-0.2, -0.15) is 0 Å². The van der Waals surface area contributed by atoms with Crippen LogP contribution in [0, 0.1) is 0 Å². The molecule has 1 aliphatic heterocycles. The molecule has 3 amide bonds. The zero-order valence-corrected chi connectivity index (χ0v) is 12.5. The molecule has 1 aromatic carbocycles. The molecule has 3 N–H and O–H groups in total. The van der Waals surface area contributed by atoms with Crippen molar-refractivity contribution in [3.8, 4) is 5.75 Å². The number of rotatable bonds is 3. The molecule has 23 heavy (non-hydrogen) atoms. The molecule has 0 bridgehead atoms. The minimum Gasteiger partial charge on any atom is -0.482 e. The number of nitrogens with one attached hydrogen (secondary N) is 3. The van der Waals surface area contributed by atoms with E-state index < -0.39 is 0 Å². The van der Waals surface area contributed by atoms with E-state index in [1.54, 1.807) is 30.6 Å². The summed E-state index contributed by atoms with van der Waals surface area (Å²) in [6.45, 7) is 1.86. The molecule has 2 aromatic rings. The molecule has 7 heteroatoms. The number of amides is 3. The van der Waals surface area contributed by atoms with Crippen LogP contribution in [-0.4, -0.2) is 23.5 Å². The zero-order chi connectivity index (χ0) is 16.2. The molecular weight excluding hydrogens is 296 g/mol. The number of carbonyl (C=O) groups is 2. The van der Waals surface area contributed by atoms with Crippen molar-refractivity contribution in [1.82, 2.24) is 10.3 Å². The van der Waals surface area contributed by atoms with E-state index in [-0.39, 0.29) is 24.6 Å².